The van der Waals surface area contributed by atoms with Gasteiger partial charge in [-0.25, -0.2) is 0 Å². The lowest BCUT2D eigenvalue weighted by Crippen LogP contribution is -2.22. The molecule has 0 bridgehead atoms. The Bertz CT molecular complexity index is 2070. The smallest absolute Gasteiger partial charge is 0.269 e. The van der Waals surface area contributed by atoms with Crippen molar-refractivity contribution in [2.75, 3.05) is 17.2 Å². The van der Waals surface area contributed by atoms with Crippen LogP contribution in [0.2, 0.25) is 0 Å². The molecule has 0 fully saturated rings. The highest BCUT2D eigenvalue weighted by Crippen LogP contribution is 2.43. The van der Waals surface area contributed by atoms with Crippen LogP contribution in [0.5, 0.6) is 5.75 Å². The number of ether oxygens (including phenoxy) is 1. The van der Waals surface area contributed by atoms with E-state index in [9.17, 15) is 25.9 Å². The van der Waals surface area contributed by atoms with Crippen LogP contribution in [0.25, 0.3) is 39.3 Å². The summed E-state index contributed by atoms with van der Waals surface area (Å²) in [5.74, 6) is 0.0673. The Morgan fingerprint density at radius 1 is 0.705 bits per heavy atom. The maximum atomic E-state index is 12.1. The molecule has 4 aromatic carbocycles. The molecule has 1 aliphatic rings. The molecular formula is C33H29NO8S2. The summed E-state index contributed by atoms with van der Waals surface area (Å²) in [7, 11) is -8.54. The van der Waals surface area contributed by atoms with Crippen molar-refractivity contribution in [1.82, 2.24) is 0 Å². The SMILES string of the molecule is O=S(=O)(O)CCCCN1C(=Cc2oc3ccc(-c4ccccc4)cc3c2CS(=O)(=O)O)Oc2ccc(-c3ccccc3)cc21. The summed E-state index contributed by atoms with van der Waals surface area (Å²) in [6, 6.07) is 30.6. The highest BCUT2D eigenvalue weighted by atomic mass is 32.2. The van der Waals surface area contributed by atoms with Gasteiger partial charge in [0.2, 0.25) is 5.88 Å². The van der Waals surface area contributed by atoms with Gasteiger partial charge in [-0.05, 0) is 59.4 Å². The summed E-state index contributed by atoms with van der Waals surface area (Å²) in [4.78, 5) is 1.87. The van der Waals surface area contributed by atoms with Crippen molar-refractivity contribution >= 4 is 43.0 Å². The van der Waals surface area contributed by atoms with Gasteiger partial charge in [-0.1, -0.05) is 72.8 Å². The summed E-state index contributed by atoms with van der Waals surface area (Å²) >= 11 is 0. The molecule has 0 spiro atoms. The lowest BCUT2D eigenvalue weighted by Gasteiger charge is -2.18. The van der Waals surface area contributed by atoms with Crippen molar-refractivity contribution in [2.45, 2.75) is 18.6 Å². The van der Waals surface area contributed by atoms with Crippen molar-refractivity contribution in [3.63, 3.8) is 0 Å². The zero-order valence-corrected chi connectivity index (χ0v) is 25.1. The average molecular weight is 632 g/mol. The molecule has 1 aromatic heterocycles. The third-order valence-corrected chi connectivity index (χ3v) is 8.84. The van der Waals surface area contributed by atoms with Gasteiger partial charge in [-0.15, -0.1) is 0 Å². The number of unbranched alkanes of at least 4 members (excludes halogenated alkanes) is 1. The van der Waals surface area contributed by atoms with Crippen molar-refractivity contribution in [2.24, 2.45) is 0 Å². The van der Waals surface area contributed by atoms with E-state index in [2.05, 4.69) is 0 Å². The molecule has 0 amide bonds. The summed E-state index contributed by atoms with van der Waals surface area (Å²) < 4.78 is 78.3. The zero-order valence-electron chi connectivity index (χ0n) is 23.5. The van der Waals surface area contributed by atoms with E-state index in [4.69, 9.17) is 9.15 Å². The van der Waals surface area contributed by atoms with E-state index >= 15 is 0 Å². The van der Waals surface area contributed by atoms with E-state index < -0.39 is 26.0 Å². The topological polar surface area (TPSA) is 134 Å². The van der Waals surface area contributed by atoms with Crippen molar-refractivity contribution in [3.8, 4) is 28.0 Å². The highest BCUT2D eigenvalue weighted by Gasteiger charge is 2.29. The molecule has 0 saturated heterocycles. The van der Waals surface area contributed by atoms with E-state index in [0.717, 1.165) is 27.9 Å². The van der Waals surface area contributed by atoms with Crippen LogP contribution < -0.4 is 9.64 Å². The number of rotatable bonds is 10. The Morgan fingerprint density at radius 3 is 1.98 bits per heavy atom. The van der Waals surface area contributed by atoms with Crippen LogP contribution in [-0.4, -0.2) is 38.2 Å². The maximum Gasteiger partial charge on any atom is 0.269 e. The molecule has 9 nitrogen and oxygen atoms in total. The molecule has 2 heterocycles. The largest absolute Gasteiger partial charge is 0.456 e. The minimum Gasteiger partial charge on any atom is -0.456 e. The first-order valence-corrected chi connectivity index (χ1v) is 17.1. The van der Waals surface area contributed by atoms with Crippen LogP contribution in [0.1, 0.15) is 24.2 Å². The fourth-order valence-corrected chi connectivity index (χ4v) is 6.57. The van der Waals surface area contributed by atoms with E-state index in [0.29, 0.717) is 35.6 Å². The van der Waals surface area contributed by atoms with Gasteiger partial charge in [-0.3, -0.25) is 9.11 Å². The van der Waals surface area contributed by atoms with Gasteiger partial charge in [0.1, 0.15) is 17.1 Å². The number of fused-ring (bicyclic) bond motifs is 2. The molecule has 0 aliphatic carbocycles. The average Bonchev–Trinajstić information content (AvgIpc) is 3.51. The quantitative estimate of drug-likeness (QED) is 0.123. The second kappa shape index (κ2) is 11.9. The van der Waals surface area contributed by atoms with E-state index in [1.807, 2.05) is 95.9 Å². The van der Waals surface area contributed by atoms with Gasteiger partial charge in [0, 0.05) is 23.6 Å². The van der Waals surface area contributed by atoms with Crippen LogP contribution in [0.4, 0.5) is 5.69 Å². The number of anilines is 1. The molecular weight excluding hydrogens is 602 g/mol. The molecule has 0 radical (unpaired) electrons. The summed E-state index contributed by atoms with van der Waals surface area (Å²) in [5.41, 5.74) is 5.20. The first-order chi connectivity index (χ1) is 21.0. The summed E-state index contributed by atoms with van der Waals surface area (Å²) in [6.45, 7) is 0.346. The fraction of sp³-hybridized carbons (Fsp3) is 0.152. The molecule has 6 rings (SSSR count). The molecule has 2 N–H and O–H groups in total. The highest BCUT2D eigenvalue weighted by molar-refractivity contribution is 7.85. The van der Waals surface area contributed by atoms with Gasteiger partial charge >= 0.3 is 0 Å². The second-order valence-electron chi connectivity index (χ2n) is 10.5. The van der Waals surface area contributed by atoms with E-state index in [-0.39, 0.29) is 23.5 Å². The van der Waals surface area contributed by atoms with Crippen LogP contribution >= 0.6 is 0 Å². The standard InChI is InChI=1S/C33H29NO8S2/c35-43(36,37)18-8-7-17-34-29-20-26(24-11-5-2-6-12-24)14-16-31(29)42-33(34)21-32-28(22-44(38,39)40)27-19-25(13-15-30(27)41-32)23-9-3-1-4-10-23/h1-6,9-16,19-21H,7-8,17-18,22H2,(H,35,36,37)(H,38,39,40). The maximum absolute atomic E-state index is 12.1. The predicted molar refractivity (Wildman–Crippen MR) is 170 cm³/mol. The van der Waals surface area contributed by atoms with Crippen molar-refractivity contribution in [1.29, 1.82) is 0 Å². The Labute approximate surface area is 255 Å². The number of hydrogen-bond donors (Lipinski definition) is 2. The number of benzene rings is 4. The predicted octanol–water partition coefficient (Wildman–Crippen LogP) is 7.02. The normalized spacial score (nSPS) is 14.2. The Balaban J connectivity index is 1.43. The minimum atomic E-state index is -4.43. The third kappa shape index (κ3) is 6.71. The Kier molecular flexibility index (Phi) is 8.04. The Hall–Kier alpha value is -4.42. The number of nitrogens with zero attached hydrogens (tertiary/aromatic N) is 1. The first kappa shape index (κ1) is 29.6. The van der Waals surface area contributed by atoms with Gasteiger partial charge in [-0.2, -0.15) is 16.8 Å². The monoisotopic (exact) mass is 631 g/mol. The fourth-order valence-electron chi connectivity index (χ4n) is 5.34. The lowest BCUT2D eigenvalue weighted by molar-refractivity contribution is 0.440. The number of hydrogen-bond acceptors (Lipinski definition) is 7. The molecule has 44 heavy (non-hydrogen) atoms. The van der Waals surface area contributed by atoms with E-state index in [1.165, 1.54) is 0 Å². The van der Waals surface area contributed by atoms with Crippen LogP contribution in [0, 0.1) is 0 Å². The van der Waals surface area contributed by atoms with Crippen molar-refractivity contribution in [3.05, 3.63) is 114 Å². The van der Waals surface area contributed by atoms with Crippen LogP contribution in [-0.2, 0) is 26.0 Å². The van der Waals surface area contributed by atoms with Crippen LogP contribution in [0.15, 0.2) is 107 Å². The molecule has 0 unspecified atom stereocenters. The van der Waals surface area contributed by atoms with Gasteiger partial charge < -0.3 is 14.1 Å². The molecule has 0 saturated carbocycles. The van der Waals surface area contributed by atoms with Crippen LogP contribution in [0.3, 0.4) is 0 Å². The summed E-state index contributed by atoms with van der Waals surface area (Å²) in [6.07, 6.45) is 2.22. The molecule has 226 valence electrons. The van der Waals surface area contributed by atoms with Gasteiger partial charge in [0.05, 0.1) is 11.4 Å². The Morgan fingerprint density at radius 2 is 1.34 bits per heavy atom. The lowest BCUT2D eigenvalue weighted by atomic mass is 10.0. The number of furan rings is 1. The third-order valence-electron chi connectivity index (χ3n) is 7.38. The molecule has 11 heteroatoms. The molecule has 5 aromatic rings. The zero-order chi connectivity index (χ0) is 30.9. The summed E-state index contributed by atoms with van der Waals surface area (Å²) in [5, 5.41) is 0.539. The van der Waals surface area contributed by atoms with Gasteiger partial charge in [0.25, 0.3) is 20.2 Å². The van der Waals surface area contributed by atoms with Gasteiger partial charge in [0.15, 0.2) is 5.75 Å². The molecule has 1 aliphatic heterocycles. The van der Waals surface area contributed by atoms with Crippen molar-refractivity contribution < 1.29 is 35.1 Å². The minimum absolute atomic E-state index is 0.205. The van der Waals surface area contributed by atoms with E-state index in [1.54, 1.807) is 12.1 Å². The second-order valence-corrected chi connectivity index (χ2v) is 13.6. The first-order valence-electron chi connectivity index (χ1n) is 13.9. The molecule has 0 atom stereocenters.